The molecule has 0 spiro atoms. The molecular formula is C26H31N5O3. The maximum Gasteiger partial charge on any atom is 0.305 e. The van der Waals surface area contributed by atoms with E-state index in [9.17, 15) is 9.90 Å². The third kappa shape index (κ3) is 5.73. The summed E-state index contributed by atoms with van der Waals surface area (Å²) in [6.07, 6.45) is 10.8. The highest BCUT2D eigenvalue weighted by atomic mass is 16.5. The summed E-state index contributed by atoms with van der Waals surface area (Å²) in [5, 5.41) is 17.6. The molecule has 0 radical (unpaired) electrons. The first-order valence-corrected chi connectivity index (χ1v) is 12.2. The highest BCUT2D eigenvalue weighted by Gasteiger charge is 2.23. The van der Waals surface area contributed by atoms with E-state index in [2.05, 4.69) is 22.4 Å². The fourth-order valence-corrected chi connectivity index (χ4v) is 4.33. The first kappa shape index (κ1) is 22.4. The summed E-state index contributed by atoms with van der Waals surface area (Å²) in [6.45, 7) is 1.69. The lowest BCUT2D eigenvalue weighted by Crippen LogP contribution is -2.16. The first-order valence-electron chi connectivity index (χ1n) is 12.2. The van der Waals surface area contributed by atoms with E-state index in [1.165, 1.54) is 18.4 Å². The number of hydrogen-bond acceptors (Lipinski definition) is 6. The van der Waals surface area contributed by atoms with Crippen LogP contribution in [0.4, 0.5) is 5.82 Å². The summed E-state index contributed by atoms with van der Waals surface area (Å²) in [6, 6.07) is 9.57. The van der Waals surface area contributed by atoms with Crippen molar-refractivity contribution in [1.29, 1.82) is 0 Å². The molecule has 0 amide bonds. The third-order valence-electron chi connectivity index (χ3n) is 6.48. The highest BCUT2D eigenvalue weighted by Crippen LogP contribution is 2.29. The van der Waals surface area contributed by atoms with E-state index in [1.54, 1.807) is 10.9 Å². The third-order valence-corrected chi connectivity index (χ3v) is 6.48. The van der Waals surface area contributed by atoms with E-state index in [0.29, 0.717) is 18.4 Å². The van der Waals surface area contributed by atoms with Gasteiger partial charge in [-0.05, 0) is 80.2 Å². The van der Waals surface area contributed by atoms with Gasteiger partial charge in [-0.3, -0.25) is 9.48 Å². The SMILES string of the molecule is O=C(O)CC(c1ccc(OCC2CC2)nc1)n1ccc(CCCc2ccc3c(n2)NCCC3)n1. The molecule has 0 bridgehead atoms. The zero-order chi connectivity index (χ0) is 23.3. The van der Waals surface area contributed by atoms with Crippen LogP contribution in [0.25, 0.3) is 0 Å². The van der Waals surface area contributed by atoms with Gasteiger partial charge in [0.1, 0.15) is 5.82 Å². The number of nitrogens with zero attached hydrogens (tertiary/aromatic N) is 4. The monoisotopic (exact) mass is 461 g/mol. The molecule has 178 valence electrons. The molecule has 1 aliphatic heterocycles. The first-order chi connectivity index (χ1) is 16.6. The standard InChI is InChI=1S/C26H31N5O3/c32-25(33)15-23(20-9-11-24(28-16-20)34-17-18-6-7-18)31-14-12-22(30-31)5-1-4-21-10-8-19-3-2-13-27-26(19)29-21/h8-12,14,16,18,23H,1-7,13,15,17H2,(H,27,29)(H,32,33). The summed E-state index contributed by atoms with van der Waals surface area (Å²) in [7, 11) is 0. The number of aliphatic carboxylic acids is 1. The molecule has 0 saturated heterocycles. The van der Waals surface area contributed by atoms with Gasteiger partial charge in [-0.2, -0.15) is 5.10 Å². The number of rotatable bonds is 11. The fourth-order valence-electron chi connectivity index (χ4n) is 4.33. The number of anilines is 1. The zero-order valence-electron chi connectivity index (χ0n) is 19.3. The lowest BCUT2D eigenvalue weighted by Gasteiger charge is -2.17. The Hall–Kier alpha value is -3.42. The summed E-state index contributed by atoms with van der Waals surface area (Å²) in [5.41, 5.74) is 4.15. The van der Waals surface area contributed by atoms with Crippen molar-refractivity contribution >= 4 is 11.8 Å². The van der Waals surface area contributed by atoms with Crippen molar-refractivity contribution in [2.24, 2.45) is 5.92 Å². The zero-order valence-corrected chi connectivity index (χ0v) is 19.3. The maximum atomic E-state index is 11.5. The van der Waals surface area contributed by atoms with Crippen molar-refractivity contribution in [3.8, 4) is 5.88 Å². The van der Waals surface area contributed by atoms with E-state index >= 15 is 0 Å². The predicted molar refractivity (Wildman–Crippen MR) is 128 cm³/mol. The topological polar surface area (TPSA) is 102 Å². The van der Waals surface area contributed by atoms with Gasteiger partial charge < -0.3 is 15.2 Å². The molecular weight excluding hydrogens is 430 g/mol. The number of pyridine rings is 2. The second kappa shape index (κ2) is 10.2. The Labute approximate surface area is 199 Å². The Morgan fingerprint density at radius 1 is 1.18 bits per heavy atom. The van der Waals surface area contributed by atoms with Gasteiger partial charge in [0.05, 0.1) is 24.8 Å². The molecule has 1 aliphatic carbocycles. The molecule has 3 aromatic rings. The van der Waals surface area contributed by atoms with Crippen molar-refractivity contribution in [3.05, 3.63) is 65.2 Å². The van der Waals surface area contributed by atoms with Crippen LogP contribution < -0.4 is 10.1 Å². The Morgan fingerprint density at radius 2 is 2.06 bits per heavy atom. The largest absolute Gasteiger partial charge is 0.481 e. The molecule has 3 aromatic heterocycles. The van der Waals surface area contributed by atoms with E-state index in [1.807, 2.05) is 24.4 Å². The Morgan fingerprint density at radius 3 is 2.85 bits per heavy atom. The van der Waals surface area contributed by atoms with Gasteiger partial charge in [0.2, 0.25) is 5.88 Å². The van der Waals surface area contributed by atoms with Crippen LogP contribution in [0.5, 0.6) is 5.88 Å². The molecule has 5 rings (SSSR count). The number of carboxylic acid groups (broad SMARTS) is 1. The number of aromatic nitrogens is 4. The van der Waals surface area contributed by atoms with Crippen LogP contribution in [0.2, 0.25) is 0 Å². The van der Waals surface area contributed by atoms with Crippen molar-refractivity contribution in [1.82, 2.24) is 19.7 Å². The molecule has 34 heavy (non-hydrogen) atoms. The Balaban J connectivity index is 1.20. The summed E-state index contributed by atoms with van der Waals surface area (Å²) >= 11 is 0. The van der Waals surface area contributed by atoms with E-state index in [4.69, 9.17) is 14.8 Å². The van der Waals surface area contributed by atoms with Crippen LogP contribution in [-0.2, 0) is 24.1 Å². The summed E-state index contributed by atoms with van der Waals surface area (Å²) in [4.78, 5) is 20.7. The second-order valence-electron chi connectivity index (χ2n) is 9.28. The number of carboxylic acids is 1. The minimum Gasteiger partial charge on any atom is -0.481 e. The van der Waals surface area contributed by atoms with Crippen LogP contribution in [0.3, 0.4) is 0 Å². The number of ether oxygens (including phenoxy) is 1. The van der Waals surface area contributed by atoms with Crippen LogP contribution in [0, 0.1) is 5.92 Å². The number of hydrogen-bond donors (Lipinski definition) is 2. The van der Waals surface area contributed by atoms with Gasteiger partial charge >= 0.3 is 5.97 Å². The molecule has 1 fully saturated rings. The average molecular weight is 462 g/mol. The van der Waals surface area contributed by atoms with Crippen LogP contribution >= 0.6 is 0 Å². The van der Waals surface area contributed by atoms with Crippen LogP contribution in [0.15, 0.2) is 42.7 Å². The van der Waals surface area contributed by atoms with Gasteiger partial charge in [0, 0.05) is 30.7 Å². The fraction of sp³-hybridized carbons (Fsp3) is 0.462. The van der Waals surface area contributed by atoms with Crippen molar-refractivity contribution in [2.45, 2.75) is 57.4 Å². The van der Waals surface area contributed by atoms with Crippen molar-refractivity contribution < 1.29 is 14.6 Å². The van der Waals surface area contributed by atoms with Gasteiger partial charge in [-0.1, -0.05) is 6.07 Å². The minimum atomic E-state index is -0.872. The van der Waals surface area contributed by atoms with Crippen LogP contribution in [-0.4, -0.2) is 44.0 Å². The van der Waals surface area contributed by atoms with Gasteiger partial charge in [0.25, 0.3) is 0 Å². The average Bonchev–Trinajstić information content (AvgIpc) is 3.57. The number of nitrogens with one attached hydrogen (secondary N) is 1. The molecule has 2 aliphatic rings. The van der Waals surface area contributed by atoms with E-state index < -0.39 is 12.0 Å². The van der Waals surface area contributed by atoms with Crippen molar-refractivity contribution in [3.63, 3.8) is 0 Å². The summed E-state index contributed by atoms with van der Waals surface area (Å²) < 4.78 is 7.45. The lowest BCUT2D eigenvalue weighted by atomic mass is 10.1. The second-order valence-corrected chi connectivity index (χ2v) is 9.28. The molecule has 1 saturated carbocycles. The van der Waals surface area contributed by atoms with E-state index in [0.717, 1.165) is 61.4 Å². The number of fused-ring (bicyclic) bond motifs is 1. The normalized spacial score (nSPS) is 15.9. The van der Waals surface area contributed by atoms with Crippen LogP contribution in [0.1, 0.15) is 60.7 Å². The predicted octanol–water partition coefficient (Wildman–Crippen LogP) is 4.06. The lowest BCUT2D eigenvalue weighted by molar-refractivity contribution is -0.137. The quantitative estimate of drug-likeness (QED) is 0.444. The smallest absolute Gasteiger partial charge is 0.305 e. The molecule has 8 nitrogen and oxygen atoms in total. The molecule has 4 heterocycles. The highest BCUT2D eigenvalue weighted by molar-refractivity contribution is 5.68. The molecule has 2 N–H and O–H groups in total. The van der Waals surface area contributed by atoms with Gasteiger partial charge in [-0.15, -0.1) is 0 Å². The molecule has 0 aromatic carbocycles. The Kier molecular flexibility index (Phi) is 6.74. The maximum absolute atomic E-state index is 11.5. The molecule has 1 atom stereocenters. The molecule has 8 heteroatoms. The van der Waals surface area contributed by atoms with E-state index in [-0.39, 0.29) is 6.42 Å². The minimum absolute atomic E-state index is 0.0584. The number of aryl methyl sites for hydroxylation is 3. The van der Waals surface area contributed by atoms with Crippen molar-refractivity contribution in [2.75, 3.05) is 18.5 Å². The van der Waals surface area contributed by atoms with Gasteiger partial charge in [0.15, 0.2) is 0 Å². The summed E-state index contributed by atoms with van der Waals surface area (Å²) in [5.74, 6) is 1.39. The Bertz CT molecular complexity index is 1120. The molecule has 1 unspecified atom stereocenters. The van der Waals surface area contributed by atoms with Gasteiger partial charge in [-0.25, -0.2) is 9.97 Å². The number of carbonyl (C=O) groups is 1.